The van der Waals surface area contributed by atoms with Crippen LogP contribution in [0.3, 0.4) is 0 Å². The minimum Gasteiger partial charge on any atom is -0.463 e. The molecule has 0 unspecified atom stereocenters. The molecule has 1 aliphatic rings. The summed E-state index contributed by atoms with van der Waals surface area (Å²) < 4.78 is 7.30. The zero-order valence-corrected chi connectivity index (χ0v) is 13.7. The third-order valence-electron chi connectivity index (χ3n) is 3.92. The highest BCUT2D eigenvalue weighted by atomic mass is 16.5. The minimum atomic E-state index is -0.352. The number of hydrogen-bond donors (Lipinski definition) is 1. The Morgan fingerprint density at radius 3 is 2.77 bits per heavy atom. The van der Waals surface area contributed by atoms with Crippen molar-refractivity contribution < 1.29 is 14.3 Å². The number of hydrogen-bond acceptors (Lipinski definition) is 3. The van der Waals surface area contributed by atoms with Crippen molar-refractivity contribution in [1.29, 1.82) is 0 Å². The summed E-state index contributed by atoms with van der Waals surface area (Å²) in [5, 5.41) is 2.84. The monoisotopic (exact) mass is 307 g/mol. The second kappa shape index (κ2) is 6.85. The van der Waals surface area contributed by atoms with Gasteiger partial charge in [-0.25, -0.2) is 4.79 Å². The third-order valence-corrected chi connectivity index (χ3v) is 3.92. The number of ether oxygens (including phenoxy) is 1. The summed E-state index contributed by atoms with van der Waals surface area (Å²) in [6.07, 6.45) is 1.89. The van der Waals surface area contributed by atoms with Crippen LogP contribution in [0.15, 0.2) is 18.3 Å². The lowest BCUT2D eigenvalue weighted by Gasteiger charge is -2.35. The molecular formula is C16H25N3O3. The summed E-state index contributed by atoms with van der Waals surface area (Å²) in [6.45, 7) is 9.15. The van der Waals surface area contributed by atoms with Crippen LogP contribution in [0.2, 0.25) is 0 Å². The maximum absolute atomic E-state index is 12.3. The van der Waals surface area contributed by atoms with E-state index in [2.05, 4.69) is 9.88 Å². The van der Waals surface area contributed by atoms with Crippen LogP contribution in [0.5, 0.6) is 0 Å². The molecular weight excluding hydrogens is 282 g/mol. The van der Waals surface area contributed by atoms with Crippen LogP contribution in [0.25, 0.3) is 0 Å². The summed E-state index contributed by atoms with van der Waals surface area (Å²) in [5.74, 6) is -0.633. The van der Waals surface area contributed by atoms with E-state index in [1.54, 1.807) is 11.8 Å². The molecule has 6 heteroatoms. The number of aromatic nitrogens is 1. The first-order valence-corrected chi connectivity index (χ1v) is 7.80. The van der Waals surface area contributed by atoms with Crippen molar-refractivity contribution in [3.8, 4) is 0 Å². The van der Waals surface area contributed by atoms with Gasteiger partial charge < -0.3 is 19.5 Å². The van der Waals surface area contributed by atoms with Gasteiger partial charge in [0.25, 0.3) is 0 Å². The molecule has 2 amide bonds. The number of esters is 1. The van der Waals surface area contributed by atoms with Gasteiger partial charge in [-0.1, -0.05) is 6.92 Å². The van der Waals surface area contributed by atoms with Crippen LogP contribution in [0.1, 0.15) is 39.4 Å². The molecule has 0 aromatic carbocycles. The molecule has 0 aliphatic carbocycles. The summed E-state index contributed by atoms with van der Waals surface area (Å²) in [5.41, 5.74) is 1.13. The lowest BCUT2D eigenvalue weighted by molar-refractivity contribution is -0.151. The van der Waals surface area contributed by atoms with E-state index in [9.17, 15) is 9.59 Å². The Hall–Kier alpha value is -1.98. The van der Waals surface area contributed by atoms with E-state index in [1.807, 2.05) is 39.1 Å². The molecule has 1 aliphatic heterocycles. The predicted molar refractivity (Wildman–Crippen MR) is 83.3 cm³/mol. The lowest BCUT2D eigenvalue weighted by Crippen LogP contribution is -2.47. The van der Waals surface area contributed by atoms with E-state index in [1.165, 1.54) is 0 Å². The zero-order valence-electron chi connectivity index (χ0n) is 13.7. The van der Waals surface area contributed by atoms with Gasteiger partial charge >= 0.3 is 12.0 Å². The van der Waals surface area contributed by atoms with Gasteiger partial charge in [0.05, 0.1) is 18.1 Å². The maximum atomic E-state index is 12.3. The van der Waals surface area contributed by atoms with Gasteiger partial charge in [0.15, 0.2) is 0 Å². The topological polar surface area (TPSA) is 63.6 Å². The van der Waals surface area contributed by atoms with Crippen molar-refractivity contribution in [3.63, 3.8) is 0 Å². The highest BCUT2D eigenvalue weighted by Gasteiger charge is 2.28. The number of rotatable bonds is 4. The number of nitrogens with zero attached hydrogens (tertiary/aromatic N) is 2. The van der Waals surface area contributed by atoms with Crippen molar-refractivity contribution in [1.82, 2.24) is 14.8 Å². The fourth-order valence-electron chi connectivity index (χ4n) is 2.63. The Morgan fingerprint density at radius 1 is 1.36 bits per heavy atom. The summed E-state index contributed by atoms with van der Waals surface area (Å²) in [7, 11) is 0. The molecule has 2 atom stereocenters. The minimum absolute atomic E-state index is 0.0293. The number of carbonyl (C=O) groups is 2. The predicted octanol–water partition coefficient (Wildman–Crippen LogP) is 2.16. The molecule has 0 radical (unpaired) electrons. The van der Waals surface area contributed by atoms with Crippen LogP contribution < -0.4 is 5.32 Å². The normalized spacial score (nSPS) is 18.8. The zero-order chi connectivity index (χ0) is 16.3. The van der Waals surface area contributed by atoms with Crippen molar-refractivity contribution in [2.24, 2.45) is 5.92 Å². The highest BCUT2D eigenvalue weighted by molar-refractivity contribution is 5.77. The first-order chi connectivity index (χ1) is 10.4. The van der Waals surface area contributed by atoms with E-state index in [0.29, 0.717) is 6.54 Å². The van der Waals surface area contributed by atoms with Crippen LogP contribution in [-0.4, -0.2) is 40.7 Å². The average molecular weight is 307 g/mol. The van der Waals surface area contributed by atoms with Gasteiger partial charge in [-0.3, -0.25) is 4.79 Å². The number of carbonyl (C=O) groups excluding carboxylic acids is 2. The van der Waals surface area contributed by atoms with Crippen molar-refractivity contribution in [2.45, 2.75) is 46.4 Å². The van der Waals surface area contributed by atoms with E-state index in [4.69, 9.17) is 4.74 Å². The number of amides is 2. The van der Waals surface area contributed by atoms with Crippen molar-refractivity contribution >= 4 is 12.0 Å². The maximum Gasteiger partial charge on any atom is 0.318 e. The third kappa shape index (κ3) is 3.61. The average Bonchev–Trinajstić information content (AvgIpc) is 2.93. The molecule has 122 valence electrons. The van der Waals surface area contributed by atoms with Gasteiger partial charge in [0.1, 0.15) is 0 Å². The molecule has 2 rings (SSSR count). The first-order valence-electron chi connectivity index (χ1n) is 7.80. The van der Waals surface area contributed by atoms with Gasteiger partial charge in [0.2, 0.25) is 0 Å². The lowest BCUT2D eigenvalue weighted by atomic mass is 10.1. The summed E-state index contributed by atoms with van der Waals surface area (Å²) in [4.78, 5) is 25.9. The molecule has 22 heavy (non-hydrogen) atoms. The Labute approximate surface area is 131 Å². The standard InChI is InChI=1S/C16H25N3O3/c1-11(2)22-15(20)12(3)10-17-16(21)19-9-8-18-7-5-6-14(18)13(19)4/h5-7,11-13H,8-10H2,1-4H3,(H,17,21)/t12-,13+/m1/s1. The number of nitrogens with one attached hydrogen (secondary N) is 1. The summed E-state index contributed by atoms with van der Waals surface area (Å²) in [6, 6.07) is 3.93. The van der Waals surface area contributed by atoms with Crippen LogP contribution in [-0.2, 0) is 16.1 Å². The van der Waals surface area contributed by atoms with Crippen LogP contribution in [0, 0.1) is 5.92 Å². The van der Waals surface area contributed by atoms with E-state index in [-0.39, 0.29) is 36.6 Å². The molecule has 0 saturated carbocycles. The van der Waals surface area contributed by atoms with Gasteiger partial charge in [-0.2, -0.15) is 0 Å². The molecule has 1 aromatic rings. The molecule has 0 fully saturated rings. The van der Waals surface area contributed by atoms with Gasteiger partial charge in [0, 0.05) is 31.5 Å². The quantitative estimate of drug-likeness (QED) is 0.867. The molecule has 1 N–H and O–H groups in total. The Morgan fingerprint density at radius 2 is 2.09 bits per heavy atom. The molecule has 2 heterocycles. The van der Waals surface area contributed by atoms with Gasteiger partial charge in [-0.15, -0.1) is 0 Å². The van der Waals surface area contributed by atoms with E-state index >= 15 is 0 Å². The fourth-order valence-corrected chi connectivity index (χ4v) is 2.63. The highest BCUT2D eigenvalue weighted by Crippen LogP contribution is 2.25. The number of urea groups is 1. The molecule has 0 saturated heterocycles. The van der Waals surface area contributed by atoms with Gasteiger partial charge in [-0.05, 0) is 32.9 Å². The molecule has 0 spiro atoms. The second-order valence-electron chi connectivity index (χ2n) is 6.07. The smallest absolute Gasteiger partial charge is 0.318 e. The largest absolute Gasteiger partial charge is 0.463 e. The van der Waals surface area contributed by atoms with E-state index < -0.39 is 0 Å². The SMILES string of the molecule is CC(C)OC(=O)[C@H](C)CNC(=O)N1CCn2cccc2[C@@H]1C. The van der Waals surface area contributed by atoms with Crippen LogP contribution >= 0.6 is 0 Å². The van der Waals surface area contributed by atoms with E-state index in [0.717, 1.165) is 12.2 Å². The molecule has 0 bridgehead atoms. The van der Waals surface area contributed by atoms with Crippen molar-refractivity contribution in [3.05, 3.63) is 24.0 Å². The number of fused-ring (bicyclic) bond motifs is 1. The molecule has 1 aromatic heterocycles. The first kappa shape index (κ1) is 16.4. The summed E-state index contributed by atoms with van der Waals surface area (Å²) >= 11 is 0. The van der Waals surface area contributed by atoms with Crippen molar-refractivity contribution in [2.75, 3.05) is 13.1 Å². The fraction of sp³-hybridized carbons (Fsp3) is 0.625. The van der Waals surface area contributed by atoms with Crippen LogP contribution in [0.4, 0.5) is 4.79 Å². The second-order valence-corrected chi connectivity index (χ2v) is 6.07. The Kier molecular flexibility index (Phi) is 5.11. The molecule has 6 nitrogen and oxygen atoms in total. The Balaban J connectivity index is 1.87. The Bertz CT molecular complexity index is 538.